The third-order valence-electron chi connectivity index (χ3n) is 3.73. The molecule has 0 N–H and O–H groups in total. The SMILES string of the molecule is Fc1ccc(Oc2ncc(-c3ccn4cc(C(F)(F)F)nc4c3)cn2)cc1. The number of nitrogens with zero attached hydrogens (tertiary/aromatic N) is 4. The number of imidazole rings is 1. The lowest BCUT2D eigenvalue weighted by Gasteiger charge is -2.05. The second kappa shape index (κ2) is 6.35. The first kappa shape index (κ1) is 17.0. The fourth-order valence-corrected chi connectivity index (χ4v) is 2.42. The molecule has 0 fully saturated rings. The van der Waals surface area contributed by atoms with Crippen LogP contribution >= 0.6 is 0 Å². The van der Waals surface area contributed by atoms with Crippen molar-refractivity contribution in [1.82, 2.24) is 19.4 Å². The maximum Gasteiger partial charge on any atom is 0.434 e. The average Bonchev–Trinajstić information content (AvgIpc) is 3.08. The molecule has 9 heteroatoms. The van der Waals surface area contributed by atoms with E-state index < -0.39 is 11.9 Å². The first-order valence-corrected chi connectivity index (χ1v) is 7.70. The molecule has 0 aliphatic carbocycles. The molecule has 0 atom stereocenters. The number of rotatable bonds is 3. The van der Waals surface area contributed by atoms with Gasteiger partial charge in [0.25, 0.3) is 0 Å². The quantitative estimate of drug-likeness (QED) is 0.486. The number of hydrogen-bond donors (Lipinski definition) is 0. The van der Waals surface area contributed by atoms with E-state index >= 15 is 0 Å². The highest BCUT2D eigenvalue weighted by atomic mass is 19.4. The van der Waals surface area contributed by atoms with Gasteiger partial charge < -0.3 is 9.14 Å². The highest BCUT2D eigenvalue weighted by Crippen LogP contribution is 2.29. The van der Waals surface area contributed by atoms with Crippen LogP contribution in [0.1, 0.15) is 5.69 Å². The van der Waals surface area contributed by atoms with E-state index in [-0.39, 0.29) is 17.5 Å². The molecular formula is C18H10F4N4O. The minimum Gasteiger partial charge on any atom is -0.424 e. The fraction of sp³-hybridized carbons (Fsp3) is 0.0556. The second-order valence-corrected chi connectivity index (χ2v) is 5.62. The van der Waals surface area contributed by atoms with Gasteiger partial charge in [-0.3, -0.25) is 0 Å². The molecule has 0 unspecified atom stereocenters. The molecule has 0 spiro atoms. The Morgan fingerprint density at radius 1 is 0.926 bits per heavy atom. The minimum absolute atomic E-state index is 0.0617. The highest BCUT2D eigenvalue weighted by molar-refractivity contribution is 5.66. The van der Waals surface area contributed by atoms with Crippen LogP contribution < -0.4 is 4.74 Å². The van der Waals surface area contributed by atoms with Crippen LogP contribution in [0.4, 0.5) is 17.6 Å². The zero-order valence-electron chi connectivity index (χ0n) is 13.5. The average molecular weight is 374 g/mol. The number of benzene rings is 1. The number of halogens is 4. The van der Waals surface area contributed by atoms with E-state index in [0.29, 0.717) is 16.9 Å². The van der Waals surface area contributed by atoms with Crippen molar-refractivity contribution in [3.8, 4) is 22.9 Å². The van der Waals surface area contributed by atoms with Gasteiger partial charge >= 0.3 is 12.2 Å². The normalized spacial score (nSPS) is 11.7. The monoisotopic (exact) mass is 374 g/mol. The molecule has 0 saturated carbocycles. The van der Waals surface area contributed by atoms with E-state index in [4.69, 9.17) is 4.74 Å². The van der Waals surface area contributed by atoms with Crippen LogP contribution in [-0.2, 0) is 6.18 Å². The zero-order chi connectivity index (χ0) is 19.0. The summed E-state index contributed by atoms with van der Waals surface area (Å²) in [4.78, 5) is 11.7. The lowest BCUT2D eigenvalue weighted by atomic mass is 10.1. The molecule has 0 radical (unpaired) electrons. The van der Waals surface area contributed by atoms with Crippen molar-refractivity contribution in [2.45, 2.75) is 6.18 Å². The maximum absolute atomic E-state index is 12.9. The van der Waals surface area contributed by atoms with E-state index in [0.717, 1.165) is 6.20 Å². The van der Waals surface area contributed by atoms with Gasteiger partial charge in [0.2, 0.25) is 0 Å². The first-order valence-electron chi connectivity index (χ1n) is 7.70. The largest absolute Gasteiger partial charge is 0.434 e. The number of ether oxygens (including phenoxy) is 1. The minimum atomic E-state index is -4.51. The Kier molecular flexibility index (Phi) is 3.98. The van der Waals surface area contributed by atoms with Gasteiger partial charge in [0.15, 0.2) is 5.69 Å². The topological polar surface area (TPSA) is 52.3 Å². The summed E-state index contributed by atoms with van der Waals surface area (Å²) in [5.74, 6) is -0.00989. The lowest BCUT2D eigenvalue weighted by Crippen LogP contribution is -2.04. The molecule has 4 aromatic rings. The molecule has 3 aromatic heterocycles. The first-order chi connectivity index (χ1) is 12.9. The van der Waals surface area contributed by atoms with E-state index in [1.54, 1.807) is 6.07 Å². The van der Waals surface area contributed by atoms with Gasteiger partial charge in [-0.05, 0) is 42.0 Å². The van der Waals surface area contributed by atoms with Crippen LogP contribution in [-0.4, -0.2) is 19.4 Å². The van der Waals surface area contributed by atoms with Crippen LogP contribution in [0.15, 0.2) is 61.2 Å². The van der Waals surface area contributed by atoms with Gasteiger partial charge in [-0.1, -0.05) is 0 Å². The van der Waals surface area contributed by atoms with Crippen molar-refractivity contribution < 1.29 is 22.3 Å². The summed E-state index contributed by atoms with van der Waals surface area (Å²) < 4.78 is 57.9. The van der Waals surface area contributed by atoms with Crippen molar-refractivity contribution in [3.05, 3.63) is 72.7 Å². The molecule has 0 aliphatic rings. The van der Waals surface area contributed by atoms with E-state index in [1.165, 1.54) is 53.3 Å². The number of pyridine rings is 1. The molecule has 3 heterocycles. The molecule has 0 amide bonds. The smallest absolute Gasteiger partial charge is 0.424 e. The zero-order valence-corrected chi connectivity index (χ0v) is 13.5. The molecule has 5 nitrogen and oxygen atoms in total. The van der Waals surface area contributed by atoms with Crippen LogP contribution in [0.25, 0.3) is 16.8 Å². The Morgan fingerprint density at radius 3 is 2.30 bits per heavy atom. The van der Waals surface area contributed by atoms with Crippen molar-refractivity contribution in [2.24, 2.45) is 0 Å². The van der Waals surface area contributed by atoms with Gasteiger partial charge in [0.05, 0.1) is 0 Å². The van der Waals surface area contributed by atoms with Crippen LogP contribution in [0.3, 0.4) is 0 Å². The summed E-state index contributed by atoms with van der Waals surface area (Å²) in [6, 6.07) is 8.58. The number of alkyl halides is 3. The molecule has 27 heavy (non-hydrogen) atoms. The third kappa shape index (κ3) is 3.57. The molecule has 0 saturated heterocycles. The summed E-state index contributed by atoms with van der Waals surface area (Å²) in [5, 5.41) is 0. The second-order valence-electron chi connectivity index (χ2n) is 5.62. The predicted octanol–water partition coefficient (Wildman–Crippen LogP) is 4.74. The van der Waals surface area contributed by atoms with E-state index in [2.05, 4.69) is 15.0 Å². The Morgan fingerprint density at radius 2 is 1.63 bits per heavy atom. The van der Waals surface area contributed by atoms with Gasteiger partial charge in [-0.25, -0.2) is 19.3 Å². The van der Waals surface area contributed by atoms with Crippen LogP contribution in [0, 0.1) is 5.82 Å². The Balaban J connectivity index is 1.58. The van der Waals surface area contributed by atoms with Crippen molar-refractivity contribution in [2.75, 3.05) is 0 Å². The fourth-order valence-electron chi connectivity index (χ4n) is 2.42. The van der Waals surface area contributed by atoms with Crippen LogP contribution in [0.2, 0.25) is 0 Å². The molecule has 136 valence electrons. The maximum atomic E-state index is 12.9. The Hall–Kier alpha value is -3.49. The molecule has 1 aromatic carbocycles. The number of hydrogen-bond acceptors (Lipinski definition) is 4. The van der Waals surface area contributed by atoms with Crippen LogP contribution in [0.5, 0.6) is 11.8 Å². The highest BCUT2D eigenvalue weighted by Gasteiger charge is 2.33. The molecule has 4 rings (SSSR count). The lowest BCUT2D eigenvalue weighted by molar-refractivity contribution is -0.140. The summed E-state index contributed by atoms with van der Waals surface area (Å²) in [6.07, 6.45) is 0.857. The summed E-state index contributed by atoms with van der Waals surface area (Å²) >= 11 is 0. The van der Waals surface area contributed by atoms with Gasteiger partial charge in [0, 0.05) is 30.4 Å². The molecular weight excluding hydrogens is 364 g/mol. The molecule has 0 aliphatic heterocycles. The Labute approximate surface area is 149 Å². The predicted molar refractivity (Wildman–Crippen MR) is 87.7 cm³/mol. The summed E-state index contributed by atoms with van der Waals surface area (Å²) in [5.41, 5.74) is 0.390. The third-order valence-corrected chi connectivity index (χ3v) is 3.73. The summed E-state index contributed by atoms with van der Waals surface area (Å²) in [7, 11) is 0. The summed E-state index contributed by atoms with van der Waals surface area (Å²) in [6.45, 7) is 0. The number of fused-ring (bicyclic) bond motifs is 1. The Bertz CT molecular complexity index is 1090. The van der Waals surface area contributed by atoms with Gasteiger partial charge in [0.1, 0.15) is 17.2 Å². The van der Waals surface area contributed by atoms with Gasteiger partial charge in [-0.2, -0.15) is 13.2 Å². The molecule has 0 bridgehead atoms. The van der Waals surface area contributed by atoms with Crippen molar-refractivity contribution in [1.29, 1.82) is 0 Å². The van der Waals surface area contributed by atoms with E-state index in [9.17, 15) is 17.6 Å². The number of aromatic nitrogens is 4. The van der Waals surface area contributed by atoms with Gasteiger partial charge in [-0.15, -0.1) is 0 Å². The van der Waals surface area contributed by atoms with Crippen molar-refractivity contribution in [3.63, 3.8) is 0 Å². The van der Waals surface area contributed by atoms with Crippen molar-refractivity contribution >= 4 is 5.65 Å². The van der Waals surface area contributed by atoms with E-state index in [1.807, 2.05) is 0 Å². The standard InChI is InChI=1S/C18H10F4N4O/c19-13-1-3-14(4-2-13)27-17-23-8-12(9-24-17)11-5-6-26-10-15(18(20,21)22)25-16(26)7-11/h1-10H.